The maximum absolute atomic E-state index is 12.4. The first-order chi connectivity index (χ1) is 12.2. The highest BCUT2D eigenvalue weighted by Gasteiger charge is 2.25. The lowest BCUT2D eigenvalue weighted by Crippen LogP contribution is -2.23. The van der Waals surface area contributed by atoms with Gasteiger partial charge < -0.3 is 9.15 Å². The molecule has 0 amide bonds. The maximum Gasteiger partial charge on any atom is 0.375 e. The van der Waals surface area contributed by atoms with Crippen LogP contribution >= 0.6 is 0 Å². The van der Waals surface area contributed by atoms with Crippen LogP contribution in [0.15, 0.2) is 46.9 Å². The van der Waals surface area contributed by atoms with E-state index in [9.17, 15) is 14.9 Å². The lowest BCUT2D eigenvalue weighted by atomic mass is 9.98. The van der Waals surface area contributed by atoms with Crippen LogP contribution in [0.2, 0.25) is 0 Å². The number of carbonyl (C=O) groups is 1. The minimum Gasteiger partial charge on any atom is -0.454 e. The van der Waals surface area contributed by atoms with Gasteiger partial charge in [0.15, 0.2) is 0 Å². The zero-order valence-electron chi connectivity index (χ0n) is 15.0. The highest BCUT2D eigenvalue weighted by atomic mass is 16.6. The standard InChI is InChI=1S/C20H19NO5/c1-12-17-15(13-7-5-8-14(11-13)21(23)24)9-6-10-16(17)25-18(12)19(22)26-20(2,3)4/h5-11H,1-4H3. The van der Waals surface area contributed by atoms with E-state index in [2.05, 4.69) is 0 Å². The number of aryl methyl sites for hydroxylation is 1. The van der Waals surface area contributed by atoms with E-state index in [0.717, 1.165) is 10.9 Å². The maximum atomic E-state index is 12.4. The molecule has 0 bridgehead atoms. The van der Waals surface area contributed by atoms with Crippen LogP contribution in [0.1, 0.15) is 36.9 Å². The average molecular weight is 353 g/mol. The molecule has 0 aliphatic heterocycles. The first-order valence-electron chi connectivity index (χ1n) is 8.17. The number of hydrogen-bond acceptors (Lipinski definition) is 5. The highest BCUT2D eigenvalue weighted by molar-refractivity contribution is 6.02. The van der Waals surface area contributed by atoms with Crippen molar-refractivity contribution in [1.29, 1.82) is 0 Å². The molecule has 6 heteroatoms. The molecule has 0 aliphatic rings. The van der Waals surface area contributed by atoms with E-state index in [-0.39, 0.29) is 11.4 Å². The van der Waals surface area contributed by atoms with E-state index in [1.54, 1.807) is 52.0 Å². The van der Waals surface area contributed by atoms with Crippen LogP contribution in [-0.4, -0.2) is 16.5 Å². The van der Waals surface area contributed by atoms with E-state index in [4.69, 9.17) is 9.15 Å². The molecule has 2 aromatic carbocycles. The summed E-state index contributed by atoms with van der Waals surface area (Å²) in [4.78, 5) is 23.1. The number of fused-ring (bicyclic) bond motifs is 1. The third-order valence-corrected chi connectivity index (χ3v) is 3.91. The van der Waals surface area contributed by atoms with Crippen LogP contribution < -0.4 is 0 Å². The summed E-state index contributed by atoms with van der Waals surface area (Å²) >= 11 is 0. The Morgan fingerprint density at radius 1 is 1.15 bits per heavy atom. The first-order valence-corrected chi connectivity index (χ1v) is 8.17. The van der Waals surface area contributed by atoms with Crippen molar-refractivity contribution < 1.29 is 18.9 Å². The molecular weight excluding hydrogens is 334 g/mol. The Morgan fingerprint density at radius 3 is 2.50 bits per heavy atom. The number of nitro groups is 1. The zero-order chi connectivity index (χ0) is 19.1. The molecule has 0 spiro atoms. The van der Waals surface area contributed by atoms with Crippen molar-refractivity contribution in [3.63, 3.8) is 0 Å². The van der Waals surface area contributed by atoms with Crippen LogP contribution in [0.3, 0.4) is 0 Å². The summed E-state index contributed by atoms with van der Waals surface area (Å²) in [6, 6.07) is 11.8. The molecule has 3 aromatic rings. The molecule has 0 radical (unpaired) electrons. The molecular formula is C20H19NO5. The van der Waals surface area contributed by atoms with Crippen molar-refractivity contribution in [3.8, 4) is 11.1 Å². The van der Waals surface area contributed by atoms with Gasteiger partial charge in [0, 0.05) is 23.1 Å². The molecule has 134 valence electrons. The predicted octanol–water partition coefficient (Wildman–Crippen LogP) is 5.27. The van der Waals surface area contributed by atoms with Gasteiger partial charge in [-0.05, 0) is 44.9 Å². The van der Waals surface area contributed by atoms with Gasteiger partial charge in [-0.25, -0.2) is 4.79 Å². The van der Waals surface area contributed by atoms with Gasteiger partial charge in [0.05, 0.1) is 4.92 Å². The van der Waals surface area contributed by atoms with E-state index >= 15 is 0 Å². The van der Waals surface area contributed by atoms with Gasteiger partial charge in [-0.15, -0.1) is 0 Å². The molecule has 1 aromatic heterocycles. The quantitative estimate of drug-likeness (QED) is 0.364. The van der Waals surface area contributed by atoms with Crippen LogP contribution in [0.4, 0.5) is 5.69 Å². The van der Waals surface area contributed by atoms with Crippen molar-refractivity contribution >= 4 is 22.6 Å². The summed E-state index contributed by atoms with van der Waals surface area (Å²) in [5.41, 5.74) is 2.01. The number of nitrogens with zero attached hydrogens (tertiary/aromatic N) is 1. The first kappa shape index (κ1) is 17.7. The molecule has 0 N–H and O–H groups in total. The lowest BCUT2D eigenvalue weighted by molar-refractivity contribution is -0.384. The second kappa shape index (κ2) is 6.29. The third-order valence-electron chi connectivity index (χ3n) is 3.91. The van der Waals surface area contributed by atoms with Gasteiger partial charge in [0.2, 0.25) is 5.76 Å². The zero-order valence-corrected chi connectivity index (χ0v) is 15.0. The minimum atomic E-state index is -0.634. The Kier molecular flexibility index (Phi) is 4.28. The number of non-ortho nitro benzene ring substituents is 1. The second-order valence-electron chi connectivity index (χ2n) is 7.04. The number of carbonyl (C=O) groups excluding carboxylic acids is 1. The Bertz CT molecular complexity index is 1010. The number of ether oxygens (including phenoxy) is 1. The second-order valence-corrected chi connectivity index (χ2v) is 7.04. The summed E-state index contributed by atoms with van der Waals surface area (Å²) < 4.78 is 11.1. The number of benzene rings is 2. The molecule has 0 aliphatic carbocycles. The topological polar surface area (TPSA) is 82.6 Å². The van der Waals surface area contributed by atoms with Crippen LogP contribution in [0.25, 0.3) is 22.1 Å². The van der Waals surface area contributed by atoms with Crippen molar-refractivity contribution in [2.45, 2.75) is 33.3 Å². The van der Waals surface area contributed by atoms with Crippen LogP contribution in [0.5, 0.6) is 0 Å². The van der Waals surface area contributed by atoms with Crippen molar-refractivity contribution in [1.82, 2.24) is 0 Å². The molecule has 0 fully saturated rings. The number of nitro benzene ring substituents is 1. The van der Waals surface area contributed by atoms with Gasteiger partial charge >= 0.3 is 5.97 Å². The largest absolute Gasteiger partial charge is 0.454 e. The number of rotatable bonds is 3. The highest BCUT2D eigenvalue weighted by Crippen LogP contribution is 2.36. The summed E-state index contributed by atoms with van der Waals surface area (Å²) in [6.07, 6.45) is 0. The fraction of sp³-hybridized carbons (Fsp3) is 0.250. The van der Waals surface area contributed by atoms with E-state index in [0.29, 0.717) is 16.7 Å². The van der Waals surface area contributed by atoms with E-state index < -0.39 is 16.5 Å². The minimum absolute atomic E-state index is 0.00742. The molecule has 6 nitrogen and oxygen atoms in total. The Hall–Kier alpha value is -3.15. The number of esters is 1. The molecule has 1 heterocycles. The Labute approximate surface area is 150 Å². The smallest absolute Gasteiger partial charge is 0.375 e. The SMILES string of the molecule is Cc1c(C(=O)OC(C)(C)C)oc2cccc(-c3cccc([N+](=O)[O-])c3)c12. The van der Waals surface area contributed by atoms with E-state index in [1.807, 2.05) is 6.07 Å². The van der Waals surface area contributed by atoms with E-state index in [1.165, 1.54) is 12.1 Å². The summed E-state index contributed by atoms with van der Waals surface area (Å²) in [5, 5.41) is 11.8. The third kappa shape index (κ3) is 3.31. The normalized spacial score (nSPS) is 11.5. The fourth-order valence-corrected chi connectivity index (χ4v) is 2.85. The monoisotopic (exact) mass is 353 g/mol. The number of furan rings is 1. The van der Waals surface area contributed by atoms with Crippen LogP contribution in [-0.2, 0) is 4.74 Å². The van der Waals surface area contributed by atoms with Gasteiger partial charge in [-0.1, -0.05) is 24.3 Å². The molecule has 0 saturated heterocycles. The van der Waals surface area contributed by atoms with Gasteiger partial charge in [-0.2, -0.15) is 0 Å². The van der Waals surface area contributed by atoms with Crippen LogP contribution in [0, 0.1) is 17.0 Å². The molecule has 0 saturated carbocycles. The molecule has 0 atom stereocenters. The Morgan fingerprint density at radius 2 is 1.85 bits per heavy atom. The fourth-order valence-electron chi connectivity index (χ4n) is 2.85. The lowest BCUT2D eigenvalue weighted by Gasteiger charge is -2.18. The number of hydrogen-bond donors (Lipinski definition) is 0. The van der Waals surface area contributed by atoms with Crippen molar-refractivity contribution in [3.05, 3.63) is 63.9 Å². The van der Waals surface area contributed by atoms with Gasteiger partial charge in [-0.3, -0.25) is 10.1 Å². The average Bonchev–Trinajstić information content (AvgIpc) is 2.91. The van der Waals surface area contributed by atoms with Crippen molar-refractivity contribution in [2.75, 3.05) is 0 Å². The van der Waals surface area contributed by atoms with Crippen molar-refractivity contribution in [2.24, 2.45) is 0 Å². The molecule has 3 rings (SSSR count). The van der Waals surface area contributed by atoms with Gasteiger partial charge in [0.25, 0.3) is 5.69 Å². The molecule has 26 heavy (non-hydrogen) atoms. The van der Waals surface area contributed by atoms with Gasteiger partial charge in [0.1, 0.15) is 11.2 Å². The summed E-state index contributed by atoms with van der Waals surface area (Å²) in [5.74, 6) is -0.385. The molecule has 0 unspecified atom stereocenters. The predicted molar refractivity (Wildman–Crippen MR) is 98.2 cm³/mol. The summed E-state index contributed by atoms with van der Waals surface area (Å²) in [7, 11) is 0. The summed E-state index contributed by atoms with van der Waals surface area (Å²) in [6.45, 7) is 7.15. The Balaban J connectivity index is 2.16.